The first-order valence-corrected chi connectivity index (χ1v) is 8.47. The van der Waals surface area contributed by atoms with E-state index < -0.39 is 0 Å². The van der Waals surface area contributed by atoms with Gasteiger partial charge in [-0.2, -0.15) is 0 Å². The summed E-state index contributed by atoms with van der Waals surface area (Å²) in [6.45, 7) is 1.79. The molecule has 0 aliphatic carbocycles. The van der Waals surface area contributed by atoms with E-state index in [1.165, 1.54) is 0 Å². The minimum absolute atomic E-state index is 0.0600. The molecular formula is C21H25N2O3+. The van der Waals surface area contributed by atoms with Crippen molar-refractivity contribution in [1.82, 2.24) is 5.32 Å². The van der Waals surface area contributed by atoms with E-state index in [1.54, 1.807) is 7.11 Å². The molecule has 0 spiro atoms. The van der Waals surface area contributed by atoms with Crippen molar-refractivity contribution in [2.75, 3.05) is 27.2 Å². The number of carbonyl (C=O) groups excluding carboxylic acids is 1. The Labute approximate surface area is 154 Å². The molecule has 0 fully saturated rings. The van der Waals surface area contributed by atoms with Crippen LogP contribution in [0.2, 0.25) is 0 Å². The highest BCUT2D eigenvalue weighted by molar-refractivity contribution is 5.77. The Hall–Kier alpha value is -2.97. The standard InChI is InChI=1S/C21H24N2O3/c1-4-12-22-21(24)15-23(2)14-18-10-11-19(20(13-18)25-3)26-16-17-8-6-5-7-9-17/h1,5-11,13H,12,14-16H2,2-3H3,(H,22,24)/p+1. The van der Waals surface area contributed by atoms with Gasteiger partial charge in [0.25, 0.3) is 5.91 Å². The molecule has 0 saturated heterocycles. The molecule has 0 aliphatic rings. The summed E-state index contributed by atoms with van der Waals surface area (Å²) in [5.74, 6) is 3.72. The van der Waals surface area contributed by atoms with Crippen LogP contribution in [0.25, 0.3) is 0 Å². The van der Waals surface area contributed by atoms with Gasteiger partial charge in [-0.25, -0.2) is 0 Å². The van der Waals surface area contributed by atoms with E-state index in [2.05, 4.69) is 11.2 Å². The topological polar surface area (TPSA) is 52.0 Å². The summed E-state index contributed by atoms with van der Waals surface area (Å²) in [5, 5.41) is 2.67. The highest BCUT2D eigenvalue weighted by Crippen LogP contribution is 2.28. The molecule has 136 valence electrons. The fourth-order valence-electron chi connectivity index (χ4n) is 2.57. The van der Waals surface area contributed by atoms with Crippen LogP contribution in [-0.2, 0) is 17.9 Å². The summed E-state index contributed by atoms with van der Waals surface area (Å²) in [6.07, 6.45) is 5.14. The van der Waals surface area contributed by atoms with Crippen LogP contribution in [0.4, 0.5) is 0 Å². The molecule has 2 aromatic rings. The summed E-state index contributed by atoms with van der Waals surface area (Å²) >= 11 is 0. The molecule has 0 radical (unpaired) electrons. The van der Waals surface area contributed by atoms with Gasteiger partial charge in [-0.15, -0.1) is 6.42 Å². The van der Waals surface area contributed by atoms with Crippen molar-refractivity contribution in [3.8, 4) is 23.8 Å². The zero-order chi connectivity index (χ0) is 18.8. The minimum Gasteiger partial charge on any atom is -0.493 e. The monoisotopic (exact) mass is 353 g/mol. The Morgan fingerprint density at radius 3 is 2.62 bits per heavy atom. The third-order valence-corrected chi connectivity index (χ3v) is 3.82. The fraction of sp³-hybridized carbons (Fsp3) is 0.286. The van der Waals surface area contributed by atoms with Crippen molar-refractivity contribution in [3.63, 3.8) is 0 Å². The van der Waals surface area contributed by atoms with Gasteiger partial charge >= 0.3 is 0 Å². The molecule has 5 heteroatoms. The minimum atomic E-state index is -0.0600. The first-order valence-electron chi connectivity index (χ1n) is 8.47. The van der Waals surface area contributed by atoms with Crippen LogP contribution in [0, 0.1) is 12.3 Å². The summed E-state index contributed by atoms with van der Waals surface area (Å²) in [6, 6.07) is 15.8. The van der Waals surface area contributed by atoms with Gasteiger partial charge in [-0.05, 0) is 23.8 Å². The molecule has 2 rings (SSSR count). The fourth-order valence-corrected chi connectivity index (χ4v) is 2.57. The molecule has 0 heterocycles. The van der Waals surface area contributed by atoms with E-state index in [0.29, 0.717) is 31.2 Å². The summed E-state index contributed by atoms with van der Waals surface area (Å²) in [7, 11) is 3.58. The summed E-state index contributed by atoms with van der Waals surface area (Å²) < 4.78 is 11.3. The predicted molar refractivity (Wildman–Crippen MR) is 101 cm³/mol. The zero-order valence-corrected chi connectivity index (χ0v) is 15.2. The Kier molecular flexibility index (Phi) is 7.53. The van der Waals surface area contributed by atoms with Gasteiger partial charge < -0.3 is 19.7 Å². The number of rotatable bonds is 9. The van der Waals surface area contributed by atoms with Crippen LogP contribution in [-0.4, -0.2) is 33.2 Å². The van der Waals surface area contributed by atoms with Gasteiger partial charge in [-0.1, -0.05) is 36.3 Å². The molecule has 0 aromatic heterocycles. The number of likely N-dealkylation sites (N-methyl/N-ethyl adjacent to an activating group) is 1. The second-order valence-corrected chi connectivity index (χ2v) is 6.05. The van der Waals surface area contributed by atoms with Gasteiger partial charge in [0, 0.05) is 5.56 Å². The molecule has 1 amide bonds. The van der Waals surface area contributed by atoms with Crippen molar-refractivity contribution in [3.05, 3.63) is 59.7 Å². The molecule has 0 saturated carbocycles. The number of hydrogen-bond donors (Lipinski definition) is 2. The van der Waals surface area contributed by atoms with Crippen LogP contribution in [0.15, 0.2) is 48.5 Å². The third-order valence-electron chi connectivity index (χ3n) is 3.82. The normalized spacial score (nSPS) is 11.3. The number of terminal acetylenes is 1. The highest BCUT2D eigenvalue weighted by atomic mass is 16.5. The van der Waals surface area contributed by atoms with E-state index >= 15 is 0 Å². The van der Waals surface area contributed by atoms with Crippen molar-refractivity contribution in [2.24, 2.45) is 0 Å². The summed E-state index contributed by atoms with van der Waals surface area (Å²) in [4.78, 5) is 12.8. The number of amides is 1. The number of methoxy groups -OCH3 is 1. The van der Waals surface area contributed by atoms with Crippen LogP contribution >= 0.6 is 0 Å². The van der Waals surface area contributed by atoms with E-state index in [0.717, 1.165) is 16.0 Å². The maximum absolute atomic E-state index is 11.7. The van der Waals surface area contributed by atoms with Crippen molar-refractivity contribution in [1.29, 1.82) is 0 Å². The second kappa shape index (κ2) is 10.1. The number of quaternary nitrogens is 1. The highest BCUT2D eigenvalue weighted by Gasteiger charge is 2.12. The molecule has 2 aromatic carbocycles. The Morgan fingerprint density at radius 1 is 1.15 bits per heavy atom. The molecule has 1 atom stereocenters. The molecular weight excluding hydrogens is 328 g/mol. The SMILES string of the molecule is C#CCNC(=O)C[NH+](C)Cc1ccc(OCc2ccccc2)c(OC)c1. The lowest BCUT2D eigenvalue weighted by atomic mass is 10.2. The number of ether oxygens (including phenoxy) is 2. The van der Waals surface area contributed by atoms with Crippen molar-refractivity contribution >= 4 is 5.91 Å². The molecule has 0 bridgehead atoms. The lowest BCUT2D eigenvalue weighted by Crippen LogP contribution is -3.08. The molecule has 0 aliphatic heterocycles. The second-order valence-electron chi connectivity index (χ2n) is 6.05. The first-order chi connectivity index (χ1) is 12.6. The lowest BCUT2D eigenvalue weighted by molar-refractivity contribution is -0.885. The van der Waals surface area contributed by atoms with Gasteiger partial charge in [-0.3, -0.25) is 4.79 Å². The van der Waals surface area contributed by atoms with Gasteiger partial charge in [0.15, 0.2) is 18.0 Å². The molecule has 5 nitrogen and oxygen atoms in total. The Morgan fingerprint density at radius 2 is 1.92 bits per heavy atom. The molecule has 1 unspecified atom stereocenters. The Balaban J connectivity index is 1.94. The first kappa shape index (κ1) is 19.4. The average Bonchev–Trinajstić information content (AvgIpc) is 2.65. The van der Waals surface area contributed by atoms with E-state index in [9.17, 15) is 4.79 Å². The van der Waals surface area contributed by atoms with Crippen molar-refractivity contribution in [2.45, 2.75) is 13.2 Å². The quantitative estimate of drug-likeness (QED) is 0.663. The zero-order valence-electron chi connectivity index (χ0n) is 15.2. The van der Waals surface area contributed by atoms with Gasteiger partial charge in [0.05, 0.1) is 20.7 Å². The molecule has 26 heavy (non-hydrogen) atoms. The van der Waals surface area contributed by atoms with E-state index in [-0.39, 0.29) is 12.5 Å². The predicted octanol–water partition coefficient (Wildman–Crippen LogP) is 1.04. The van der Waals surface area contributed by atoms with Crippen LogP contribution in [0.5, 0.6) is 11.5 Å². The lowest BCUT2D eigenvalue weighted by Gasteiger charge is -2.15. The number of benzene rings is 2. The van der Waals surface area contributed by atoms with Crippen LogP contribution in [0.3, 0.4) is 0 Å². The Bertz CT molecular complexity index is 754. The van der Waals surface area contributed by atoms with Crippen LogP contribution in [0.1, 0.15) is 11.1 Å². The van der Waals surface area contributed by atoms with Crippen molar-refractivity contribution < 1.29 is 19.2 Å². The summed E-state index contributed by atoms with van der Waals surface area (Å²) in [5.41, 5.74) is 2.16. The maximum atomic E-state index is 11.7. The smallest absolute Gasteiger partial charge is 0.275 e. The van der Waals surface area contributed by atoms with E-state index in [1.807, 2.05) is 55.6 Å². The number of carbonyl (C=O) groups is 1. The average molecular weight is 353 g/mol. The number of hydrogen-bond acceptors (Lipinski definition) is 3. The van der Waals surface area contributed by atoms with Gasteiger partial charge in [0.2, 0.25) is 0 Å². The van der Waals surface area contributed by atoms with E-state index in [4.69, 9.17) is 15.9 Å². The number of nitrogens with one attached hydrogen (secondary N) is 2. The third kappa shape index (κ3) is 6.15. The molecule has 2 N–H and O–H groups in total. The van der Waals surface area contributed by atoms with Gasteiger partial charge in [0.1, 0.15) is 13.2 Å². The maximum Gasteiger partial charge on any atom is 0.275 e. The largest absolute Gasteiger partial charge is 0.493 e. The van der Waals surface area contributed by atoms with Crippen LogP contribution < -0.4 is 19.7 Å².